The Bertz CT molecular complexity index is 918. The van der Waals surface area contributed by atoms with Crippen molar-refractivity contribution in [2.75, 3.05) is 30.8 Å². The van der Waals surface area contributed by atoms with Crippen LogP contribution >= 0.6 is 12.2 Å². The van der Waals surface area contributed by atoms with E-state index < -0.39 is 6.04 Å². The number of thiocarbonyl (C=S) groups is 1. The number of hydrogen-bond donors (Lipinski definition) is 3. The number of amides is 2. The van der Waals surface area contributed by atoms with Crippen LogP contribution in [0, 0.1) is 6.92 Å². The van der Waals surface area contributed by atoms with Gasteiger partial charge in [0.1, 0.15) is 11.8 Å². The Morgan fingerprint density at radius 1 is 1.24 bits per heavy atom. The van der Waals surface area contributed by atoms with E-state index in [1.165, 1.54) is 0 Å². The number of carbonyl (C=O) groups excluding carboxylic acids is 2. The van der Waals surface area contributed by atoms with Gasteiger partial charge in [0, 0.05) is 18.8 Å². The Balaban J connectivity index is 1.70. The summed E-state index contributed by atoms with van der Waals surface area (Å²) < 4.78 is 5.34. The number of ether oxygens (including phenoxy) is 1. The molecule has 3 rings (SSSR count). The van der Waals surface area contributed by atoms with Crippen molar-refractivity contribution in [3.05, 3.63) is 54.1 Å². The fourth-order valence-corrected chi connectivity index (χ4v) is 3.53. The van der Waals surface area contributed by atoms with Crippen LogP contribution in [0.2, 0.25) is 0 Å². The number of benzene rings is 2. The van der Waals surface area contributed by atoms with Crippen LogP contribution in [0.25, 0.3) is 0 Å². The van der Waals surface area contributed by atoms with Crippen molar-refractivity contribution in [2.24, 2.45) is 0 Å². The van der Waals surface area contributed by atoms with Gasteiger partial charge in [0.2, 0.25) is 11.8 Å². The number of hydrogen-bond acceptors (Lipinski definition) is 4. The maximum absolute atomic E-state index is 12.6. The van der Waals surface area contributed by atoms with Crippen molar-refractivity contribution in [3.63, 3.8) is 0 Å². The lowest BCUT2D eigenvalue weighted by molar-refractivity contribution is -0.130. The molecular formula is C21H24N4O3S. The van der Waals surface area contributed by atoms with Gasteiger partial charge in [-0.25, -0.2) is 0 Å². The van der Waals surface area contributed by atoms with Gasteiger partial charge < -0.3 is 25.6 Å². The summed E-state index contributed by atoms with van der Waals surface area (Å²) in [5.41, 5.74) is 2.45. The third-order valence-corrected chi connectivity index (χ3v) is 4.96. The molecule has 3 N–H and O–H groups in total. The van der Waals surface area contributed by atoms with Crippen LogP contribution in [0.15, 0.2) is 48.5 Å². The number of aryl methyl sites for hydroxylation is 1. The van der Waals surface area contributed by atoms with Crippen LogP contribution in [0.3, 0.4) is 0 Å². The minimum atomic E-state index is -0.691. The van der Waals surface area contributed by atoms with Gasteiger partial charge in [0.25, 0.3) is 0 Å². The topological polar surface area (TPSA) is 82.7 Å². The van der Waals surface area contributed by atoms with Crippen LogP contribution in [0.4, 0.5) is 11.4 Å². The number of nitrogens with zero attached hydrogens (tertiary/aromatic N) is 1. The Morgan fingerprint density at radius 3 is 2.79 bits per heavy atom. The second kappa shape index (κ2) is 9.38. The van der Waals surface area contributed by atoms with Gasteiger partial charge in [0.15, 0.2) is 5.11 Å². The predicted molar refractivity (Wildman–Crippen MR) is 117 cm³/mol. The van der Waals surface area contributed by atoms with Crippen molar-refractivity contribution in [1.29, 1.82) is 0 Å². The summed E-state index contributed by atoms with van der Waals surface area (Å²) in [6.45, 7) is 2.92. The summed E-state index contributed by atoms with van der Waals surface area (Å²) in [5, 5.41) is 9.16. The predicted octanol–water partition coefficient (Wildman–Crippen LogP) is 2.53. The Morgan fingerprint density at radius 2 is 2.03 bits per heavy atom. The lowest BCUT2D eigenvalue weighted by atomic mass is 10.1. The second-order valence-corrected chi connectivity index (χ2v) is 7.14. The van der Waals surface area contributed by atoms with E-state index in [1.807, 2.05) is 55.5 Å². The Hall–Kier alpha value is -3.13. The van der Waals surface area contributed by atoms with Gasteiger partial charge >= 0.3 is 0 Å². The zero-order valence-electron chi connectivity index (χ0n) is 16.4. The zero-order chi connectivity index (χ0) is 20.8. The molecule has 0 aliphatic carbocycles. The molecule has 0 bridgehead atoms. The molecular weight excluding hydrogens is 388 g/mol. The van der Waals surface area contributed by atoms with Crippen LogP contribution in [0.5, 0.6) is 5.75 Å². The number of anilines is 2. The number of methoxy groups -OCH3 is 1. The highest BCUT2D eigenvalue weighted by molar-refractivity contribution is 7.80. The fraction of sp³-hybridized carbons (Fsp3) is 0.286. The van der Waals surface area contributed by atoms with Crippen molar-refractivity contribution >= 4 is 40.5 Å². The third-order valence-electron chi connectivity index (χ3n) is 4.62. The lowest BCUT2D eigenvalue weighted by Gasteiger charge is -2.36. The molecule has 0 aromatic heterocycles. The van der Waals surface area contributed by atoms with E-state index in [4.69, 9.17) is 17.0 Å². The molecule has 0 unspecified atom stereocenters. The van der Waals surface area contributed by atoms with Gasteiger partial charge in [-0.05, 0) is 49.0 Å². The van der Waals surface area contributed by atoms with Crippen molar-refractivity contribution in [2.45, 2.75) is 19.4 Å². The maximum atomic E-state index is 12.6. The summed E-state index contributed by atoms with van der Waals surface area (Å²) in [7, 11) is 1.58. The van der Waals surface area contributed by atoms with Crippen molar-refractivity contribution in [1.82, 2.24) is 10.2 Å². The quantitative estimate of drug-likeness (QED) is 0.655. The smallest absolute Gasteiger partial charge is 0.243 e. The van der Waals surface area contributed by atoms with E-state index in [0.29, 0.717) is 35.3 Å². The SMILES string of the molecule is COc1ccccc1NC(=S)N1CCNC(=O)[C@@H]1CC(=O)Nc1cccc(C)c1. The normalized spacial score (nSPS) is 16.0. The molecule has 1 heterocycles. The van der Waals surface area contributed by atoms with Gasteiger partial charge in [-0.15, -0.1) is 0 Å². The van der Waals surface area contributed by atoms with Crippen LogP contribution in [-0.2, 0) is 9.59 Å². The van der Waals surface area contributed by atoms with Gasteiger partial charge in [-0.2, -0.15) is 0 Å². The molecule has 0 spiro atoms. The first-order valence-electron chi connectivity index (χ1n) is 9.33. The second-order valence-electron chi connectivity index (χ2n) is 6.75. The molecule has 7 nitrogen and oxygen atoms in total. The molecule has 8 heteroatoms. The van der Waals surface area contributed by atoms with Crippen LogP contribution in [-0.4, -0.2) is 48.1 Å². The molecule has 1 fully saturated rings. The highest BCUT2D eigenvalue weighted by atomic mass is 32.1. The average molecular weight is 413 g/mol. The van der Waals surface area contributed by atoms with Gasteiger partial charge in [-0.3, -0.25) is 9.59 Å². The van der Waals surface area contributed by atoms with Crippen LogP contribution in [0.1, 0.15) is 12.0 Å². The first-order valence-corrected chi connectivity index (χ1v) is 9.73. The van der Waals surface area contributed by atoms with Crippen LogP contribution < -0.4 is 20.7 Å². The number of para-hydroxylation sites is 2. The number of piperazine rings is 1. The lowest BCUT2D eigenvalue weighted by Crippen LogP contribution is -2.58. The monoisotopic (exact) mass is 412 g/mol. The third kappa shape index (κ3) is 5.23. The highest BCUT2D eigenvalue weighted by Gasteiger charge is 2.33. The summed E-state index contributed by atoms with van der Waals surface area (Å²) in [4.78, 5) is 26.8. The molecule has 1 aliphatic rings. The molecule has 0 radical (unpaired) electrons. The first kappa shape index (κ1) is 20.6. The number of rotatable bonds is 5. The van der Waals surface area contributed by atoms with Crippen molar-refractivity contribution in [3.8, 4) is 5.75 Å². The van der Waals surface area contributed by atoms with Gasteiger partial charge in [0.05, 0.1) is 19.2 Å². The molecule has 2 amide bonds. The standard InChI is InChI=1S/C21H24N4O3S/c1-14-6-5-7-15(12-14)23-19(26)13-17-20(27)22-10-11-25(17)21(29)24-16-8-3-4-9-18(16)28-2/h3-9,12,17H,10-11,13H2,1-2H3,(H,22,27)(H,23,26)(H,24,29)/t17-/m0/s1. The molecule has 1 saturated heterocycles. The molecule has 0 saturated carbocycles. The molecule has 29 heavy (non-hydrogen) atoms. The van der Waals surface area contributed by atoms with Crippen molar-refractivity contribution < 1.29 is 14.3 Å². The fourth-order valence-electron chi connectivity index (χ4n) is 3.21. The molecule has 2 aromatic carbocycles. The van der Waals surface area contributed by atoms with Gasteiger partial charge in [-0.1, -0.05) is 24.3 Å². The Kier molecular flexibility index (Phi) is 6.66. The Labute approximate surface area is 175 Å². The largest absolute Gasteiger partial charge is 0.495 e. The summed E-state index contributed by atoms with van der Waals surface area (Å²) in [5.74, 6) is 0.174. The first-order chi connectivity index (χ1) is 14.0. The van der Waals surface area contributed by atoms with E-state index >= 15 is 0 Å². The molecule has 1 aliphatic heterocycles. The molecule has 1 atom stereocenters. The van der Waals surface area contributed by atoms with E-state index in [2.05, 4.69) is 16.0 Å². The zero-order valence-corrected chi connectivity index (χ0v) is 17.2. The van der Waals surface area contributed by atoms with E-state index in [-0.39, 0.29) is 18.2 Å². The van der Waals surface area contributed by atoms with E-state index in [1.54, 1.807) is 12.0 Å². The summed E-state index contributed by atoms with van der Waals surface area (Å²) in [6.07, 6.45) is -0.00643. The molecule has 2 aromatic rings. The number of carbonyl (C=O) groups is 2. The minimum absolute atomic E-state index is 0.00643. The van der Waals surface area contributed by atoms with E-state index in [0.717, 1.165) is 5.56 Å². The average Bonchev–Trinajstić information content (AvgIpc) is 2.70. The summed E-state index contributed by atoms with van der Waals surface area (Å²) in [6, 6.07) is 14.2. The summed E-state index contributed by atoms with van der Waals surface area (Å²) >= 11 is 5.54. The van der Waals surface area contributed by atoms with E-state index in [9.17, 15) is 9.59 Å². The molecule has 152 valence electrons. The number of nitrogens with one attached hydrogen (secondary N) is 3. The minimum Gasteiger partial charge on any atom is -0.495 e. The maximum Gasteiger partial charge on any atom is 0.243 e. The highest BCUT2D eigenvalue weighted by Crippen LogP contribution is 2.24.